The fourth-order valence-electron chi connectivity index (χ4n) is 4.74. The normalized spacial score (nSPS) is 23.1. The average Bonchev–Trinajstić information content (AvgIpc) is 3.20. The van der Waals surface area contributed by atoms with Crippen LogP contribution in [-0.4, -0.2) is 75.8 Å². The highest BCUT2D eigenvalue weighted by Gasteiger charge is 2.51. The molecule has 11 heteroatoms. The number of aliphatic carboxylic acids is 2. The van der Waals surface area contributed by atoms with Gasteiger partial charge in [-0.1, -0.05) is 50.6 Å². The summed E-state index contributed by atoms with van der Waals surface area (Å²) in [5.41, 5.74) is 15.1. The van der Waals surface area contributed by atoms with Crippen molar-refractivity contribution < 1.29 is 34.0 Å². The molecule has 1 aromatic carbocycles. The van der Waals surface area contributed by atoms with Crippen LogP contribution in [0, 0.1) is 5.92 Å². The van der Waals surface area contributed by atoms with Crippen molar-refractivity contribution in [2.75, 3.05) is 13.1 Å². The van der Waals surface area contributed by atoms with Crippen LogP contribution < -0.4 is 22.2 Å². The SMILES string of the molecule is CC[C@H](C)[C@H](N[N+]1(C[C@H](Cc2ccccc2)NC(=O)[C@@H](N)CC(N)=O)CCC[C@H]1C(=O)O)C(=O)O. The molecule has 0 aliphatic carbocycles. The van der Waals surface area contributed by atoms with E-state index in [2.05, 4.69) is 10.7 Å². The number of hydrogen-bond donors (Lipinski definition) is 6. The first-order chi connectivity index (χ1) is 16.5. The first kappa shape index (κ1) is 28.2. The Morgan fingerprint density at radius 2 is 1.83 bits per heavy atom. The van der Waals surface area contributed by atoms with E-state index in [9.17, 15) is 29.4 Å². The van der Waals surface area contributed by atoms with Crippen LogP contribution in [0.4, 0.5) is 0 Å². The lowest BCUT2D eigenvalue weighted by molar-refractivity contribution is -0.976. The molecule has 0 bridgehead atoms. The Labute approximate surface area is 205 Å². The Hall–Kier alpha value is -3.02. The van der Waals surface area contributed by atoms with Crippen molar-refractivity contribution in [1.29, 1.82) is 0 Å². The smallest absolute Gasteiger partial charge is 0.364 e. The van der Waals surface area contributed by atoms with Crippen LogP contribution in [-0.2, 0) is 25.6 Å². The number of likely N-dealkylation sites (tertiary alicyclic amines) is 1. The highest BCUT2D eigenvalue weighted by molar-refractivity contribution is 5.87. The second-order valence-corrected chi connectivity index (χ2v) is 9.44. The number of carbonyl (C=O) groups is 4. The van der Waals surface area contributed by atoms with Crippen LogP contribution >= 0.6 is 0 Å². The van der Waals surface area contributed by atoms with Gasteiger partial charge in [-0.15, -0.1) is 0 Å². The van der Waals surface area contributed by atoms with E-state index in [1.165, 1.54) is 0 Å². The molecule has 0 spiro atoms. The molecular formula is C24H38N5O6+. The van der Waals surface area contributed by atoms with Crippen molar-refractivity contribution in [2.24, 2.45) is 17.4 Å². The molecule has 8 N–H and O–H groups in total. The lowest BCUT2D eigenvalue weighted by Crippen LogP contribution is -2.71. The number of benzene rings is 1. The molecule has 1 aromatic rings. The Bertz CT molecular complexity index is 898. The van der Waals surface area contributed by atoms with E-state index in [1.54, 1.807) is 6.92 Å². The zero-order chi connectivity index (χ0) is 26.2. The molecule has 35 heavy (non-hydrogen) atoms. The number of nitrogens with two attached hydrogens (primary N) is 2. The molecule has 2 rings (SSSR count). The summed E-state index contributed by atoms with van der Waals surface area (Å²) in [5.74, 6) is -3.62. The Morgan fingerprint density at radius 3 is 2.37 bits per heavy atom. The van der Waals surface area contributed by atoms with E-state index in [0.717, 1.165) is 5.56 Å². The van der Waals surface area contributed by atoms with Gasteiger partial charge in [-0.3, -0.25) is 14.4 Å². The third-order valence-electron chi connectivity index (χ3n) is 6.77. The van der Waals surface area contributed by atoms with Crippen LogP contribution in [0.5, 0.6) is 0 Å². The first-order valence-electron chi connectivity index (χ1n) is 12.0. The third kappa shape index (κ3) is 7.74. The average molecular weight is 493 g/mol. The number of primary amides is 1. The summed E-state index contributed by atoms with van der Waals surface area (Å²) in [6.07, 6.45) is 1.60. The maximum atomic E-state index is 12.8. The van der Waals surface area contributed by atoms with Gasteiger partial charge in [0.05, 0.1) is 25.0 Å². The number of carboxylic acids is 2. The van der Waals surface area contributed by atoms with Crippen LogP contribution in [0.3, 0.4) is 0 Å². The number of rotatable bonds is 14. The van der Waals surface area contributed by atoms with Gasteiger partial charge in [-0.05, 0) is 17.9 Å². The van der Waals surface area contributed by atoms with Crippen molar-refractivity contribution in [3.63, 3.8) is 0 Å². The number of carboxylic acid groups (broad SMARTS) is 2. The first-order valence-corrected chi connectivity index (χ1v) is 12.0. The van der Waals surface area contributed by atoms with Crippen LogP contribution in [0.15, 0.2) is 30.3 Å². The van der Waals surface area contributed by atoms with E-state index >= 15 is 0 Å². The minimum absolute atomic E-state index is 0.126. The van der Waals surface area contributed by atoms with Crippen molar-refractivity contribution in [2.45, 2.75) is 70.1 Å². The minimum atomic E-state index is -1.15. The monoisotopic (exact) mass is 492 g/mol. The van der Waals surface area contributed by atoms with Crippen molar-refractivity contribution in [1.82, 2.24) is 10.7 Å². The standard InChI is InChI=1S/C24H37N5O6/c1-3-15(2)21(24(34)35)28-29(11-7-10-19(29)23(32)33)14-17(12-16-8-5-4-6-9-16)27-22(31)18(25)13-20(26)30/h4-6,8-9,15,17-19,21,28H,3,7,10-14,25H2,1-2H3,(H4-,26,27,30,31,32,33,34,35)/p+1/t15-,17-,18-,19-,21-,29?/m0/s1. The van der Waals surface area contributed by atoms with E-state index in [4.69, 9.17) is 11.5 Å². The molecular weight excluding hydrogens is 454 g/mol. The van der Waals surface area contributed by atoms with Crippen molar-refractivity contribution >= 4 is 23.8 Å². The molecule has 2 amide bonds. The second-order valence-electron chi connectivity index (χ2n) is 9.44. The zero-order valence-corrected chi connectivity index (χ0v) is 20.4. The van der Waals surface area contributed by atoms with Crippen molar-refractivity contribution in [3.8, 4) is 0 Å². The lowest BCUT2D eigenvalue weighted by atomic mass is 9.99. The van der Waals surface area contributed by atoms with Gasteiger partial charge in [0.2, 0.25) is 17.9 Å². The number of carbonyl (C=O) groups excluding carboxylic acids is 2. The number of quaternary nitrogens is 1. The summed E-state index contributed by atoms with van der Waals surface area (Å²) in [4.78, 5) is 48.4. The lowest BCUT2D eigenvalue weighted by Gasteiger charge is -2.42. The quantitative estimate of drug-likeness (QED) is 0.196. The number of hydrogen-bond acceptors (Lipinski definition) is 6. The van der Waals surface area contributed by atoms with E-state index < -0.39 is 47.9 Å². The summed E-state index contributed by atoms with van der Waals surface area (Å²) < 4.78 is -0.181. The summed E-state index contributed by atoms with van der Waals surface area (Å²) in [6.45, 7) is 4.21. The number of nitrogens with one attached hydrogen (secondary N) is 2. The molecule has 6 atom stereocenters. The van der Waals surface area contributed by atoms with Crippen LogP contribution in [0.2, 0.25) is 0 Å². The fraction of sp³-hybridized carbons (Fsp3) is 0.583. The number of nitrogens with zero attached hydrogens (tertiary/aromatic N) is 1. The predicted molar refractivity (Wildman–Crippen MR) is 129 cm³/mol. The van der Waals surface area contributed by atoms with Gasteiger partial charge in [0, 0.05) is 12.8 Å². The summed E-state index contributed by atoms with van der Waals surface area (Å²) >= 11 is 0. The fourth-order valence-corrected chi connectivity index (χ4v) is 4.74. The second kappa shape index (κ2) is 12.6. The molecule has 1 fully saturated rings. The van der Waals surface area contributed by atoms with Gasteiger partial charge in [0.1, 0.15) is 6.54 Å². The molecule has 11 nitrogen and oxygen atoms in total. The van der Waals surface area contributed by atoms with E-state index in [-0.39, 0.29) is 23.5 Å². The third-order valence-corrected chi connectivity index (χ3v) is 6.77. The molecule has 1 aliphatic rings. The molecule has 0 aromatic heterocycles. The van der Waals surface area contributed by atoms with Crippen LogP contribution in [0.1, 0.15) is 45.1 Å². The summed E-state index contributed by atoms with van der Waals surface area (Å²) in [5, 5.41) is 22.8. The molecule has 1 saturated heterocycles. The molecule has 1 unspecified atom stereocenters. The Morgan fingerprint density at radius 1 is 1.17 bits per heavy atom. The predicted octanol–water partition coefficient (Wildman–Crippen LogP) is -0.0157. The highest BCUT2D eigenvalue weighted by atomic mass is 16.4. The van der Waals surface area contributed by atoms with Gasteiger partial charge in [0.25, 0.3) is 0 Å². The molecule has 1 heterocycles. The largest absolute Gasteiger partial charge is 0.480 e. The molecule has 0 radical (unpaired) electrons. The molecule has 194 valence electrons. The zero-order valence-electron chi connectivity index (χ0n) is 20.4. The van der Waals surface area contributed by atoms with Gasteiger partial charge in [0.15, 0.2) is 6.04 Å². The minimum Gasteiger partial charge on any atom is -0.480 e. The van der Waals surface area contributed by atoms with E-state index in [0.29, 0.717) is 32.2 Å². The Balaban J connectivity index is 2.41. The topological polar surface area (TPSA) is 185 Å². The van der Waals surface area contributed by atoms with E-state index in [1.807, 2.05) is 37.3 Å². The van der Waals surface area contributed by atoms with Gasteiger partial charge in [-0.25, -0.2) is 9.39 Å². The molecule has 1 aliphatic heterocycles. The maximum Gasteiger partial charge on any atom is 0.364 e. The van der Waals surface area contributed by atoms with Gasteiger partial charge >= 0.3 is 11.9 Å². The van der Waals surface area contributed by atoms with Crippen LogP contribution in [0.25, 0.3) is 0 Å². The van der Waals surface area contributed by atoms with Gasteiger partial charge in [-0.2, -0.15) is 5.43 Å². The van der Waals surface area contributed by atoms with Gasteiger partial charge < -0.3 is 27.0 Å². The highest BCUT2D eigenvalue weighted by Crippen LogP contribution is 2.28. The van der Waals surface area contributed by atoms with Crippen molar-refractivity contribution in [3.05, 3.63) is 35.9 Å². The summed E-state index contributed by atoms with van der Waals surface area (Å²) in [7, 11) is 0. The summed E-state index contributed by atoms with van der Waals surface area (Å²) in [6, 6.07) is 5.77. The Kier molecular flexibility index (Phi) is 10.2. The number of amides is 2. The molecule has 0 saturated carbocycles. The maximum absolute atomic E-state index is 12.8.